The van der Waals surface area contributed by atoms with Crippen LogP contribution in [-0.2, 0) is 4.79 Å². The van der Waals surface area contributed by atoms with E-state index in [1.54, 1.807) is 0 Å². The van der Waals surface area contributed by atoms with Crippen LogP contribution in [0, 0.1) is 0 Å². The van der Waals surface area contributed by atoms with Gasteiger partial charge in [-0.15, -0.1) is 48.0 Å². The molecule has 0 radical (unpaired) electrons. The molecule has 5 N–H and O–H groups in total. The number of unbranched alkanes of at least 4 members (excludes halogenated alkanes) is 1. The van der Waals surface area contributed by atoms with Crippen molar-refractivity contribution in [2.24, 2.45) is 11.5 Å². The summed E-state index contributed by atoms with van der Waals surface area (Å²) in [6.07, 6.45) is 2.16. The van der Waals surface area contributed by atoms with Crippen molar-refractivity contribution >= 4 is 53.9 Å². The lowest BCUT2D eigenvalue weighted by atomic mass is 10.1. The highest BCUT2D eigenvalue weighted by Crippen LogP contribution is 1.96. The van der Waals surface area contributed by atoms with Gasteiger partial charge in [0.1, 0.15) is 6.04 Å². The Morgan fingerprint density at radius 1 is 1.33 bits per heavy atom. The minimum absolute atomic E-state index is 0. The minimum Gasteiger partial charge on any atom is -0.480 e. The van der Waals surface area contributed by atoms with Crippen molar-refractivity contribution in [1.29, 1.82) is 0 Å². The van der Waals surface area contributed by atoms with E-state index in [-0.39, 0.29) is 48.0 Å². The summed E-state index contributed by atoms with van der Waals surface area (Å²) in [4.78, 5) is 10.1. The van der Waals surface area contributed by atoms with Gasteiger partial charge in [0.25, 0.3) is 0 Å². The molecule has 0 rings (SSSR count). The van der Waals surface area contributed by atoms with Crippen LogP contribution >= 0.6 is 48.0 Å². The van der Waals surface area contributed by atoms with Crippen LogP contribution < -0.4 is 11.5 Å². The summed E-state index contributed by atoms with van der Waals surface area (Å²) in [6.45, 7) is 0.604. The largest absolute Gasteiger partial charge is 0.480 e. The molecule has 0 aliphatic carbocycles. The van der Waals surface area contributed by atoms with Gasteiger partial charge in [0.05, 0.1) is 0 Å². The van der Waals surface area contributed by atoms with E-state index in [0.29, 0.717) is 13.0 Å². The van der Waals surface area contributed by atoms with Gasteiger partial charge in [0, 0.05) is 0 Å². The van der Waals surface area contributed by atoms with Crippen molar-refractivity contribution in [2.75, 3.05) is 6.54 Å². The molecule has 6 heteroatoms. The zero-order valence-corrected chi connectivity index (χ0v) is 11.4. The third kappa shape index (κ3) is 10.8. The van der Waals surface area contributed by atoms with Gasteiger partial charge >= 0.3 is 5.97 Å². The lowest BCUT2D eigenvalue weighted by molar-refractivity contribution is -0.138. The molecule has 0 saturated heterocycles. The Balaban J connectivity index is -0.000000405. The van der Waals surface area contributed by atoms with Gasteiger partial charge in [-0.3, -0.25) is 4.79 Å². The number of halogens is 2. The maximum atomic E-state index is 10.1. The maximum Gasteiger partial charge on any atom is 0.320 e. The fourth-order valence-corrected chi connectivity index (χ4v) is 0.632. The Hall–Kier alpha value is 0.850. The van der Waals surface area contributed by atoms with Crippen molar-refractivity contribution in [2.45, 2.75) is 25.3 Å². The average Bonchev–Trinajstić information content (AvgIpc) is 1.88. The summed E-state index contributed by atoms with van der Waals surface area (Å²) in [5.74, 6) is -0.933. The first kappa shape index (κ1) is 18.6. The van der Waals surface area contributed by atoms with Gasteiger partial charge in [-0.25, -0.2) is 0 Å². The van der Waals surface area contributed by atoms with Crippen LogP contribution in [0.1, 0.15) is 19.3 Å². The number of carbonyl (C=O) groups is 1. The molecule has 4 nitrogen and oxygen atoms in total. The van der Waals surface area contributed by atoms with Crippen LogP contribution in [0.5, 0.6) is 0 Å². The highest BCUT2D eigenvalue weighted by atomic mass is 127. The highest BCUT2D eigenvalue weighted by molar-refractivity contribution is 14.0. The molecule has 0 aromatic heterocycles. The van der Waals surface area contributed by atoms with Crippen molar-refractivity contribution in [3.05, 3.63) is 0 Å². The quantitative estimate of drug-likeness (QED) is 0.468. The summed E-state index contributed by atoms with van der Waals surface area (Å²) < 4.78 is 0. The van der Waals surface area contributed by atoms with Crippen molar-refractivity contribution < 1.29 is 9.90 Å². The highest BCUT2D eigenvalue weighted by Gasteiger charge is 2.09. The van der Waals surface area contributed by atoms with E-state index in [1.165, 1.54) is 0 Å². The molecular formula is C6H16I2N2O2. The lowest BCUT2D eigenvalue weighted by Gasteiger charge is -2.03. The average molecular weight is 402 g/mol. The van der Waals surface area contributed by atoms with Crippen molar-refractivity contribution in [3.8, 4) is 0 Å². The summed E-state index contributed by atoms with van der Waals surface area (Å²) in [5.41, 5.74) is 10.4. The molecule has 0 aliphatic heterocycles. The molecule has 0 aromatic rings. The van der Waals surface area contributed by atoms with E-state index in [2.05, 4.69) is 0 Å². The Kier molecular flexibility index (Phi) is 18.4. The number of rotatable bonds is 5. The van der Waals surface area contributed by atoms with Crippen LogP contribution in [0.3, 0.4) is 0 Å². The van der Waals surface area contributed by atoms with Gasteiger partial charge < -0.3 is 16.6 Å². The smallest absolute Gasteiger partial charge is 0.320 e. The topological polar surface area (TPSA) is 89.3 Å². The number of carboxylic acids is 1. The molecule has 1 atom stereocenters. The van der Waals surface area contributed by atoms with Crippen LogP contribution in [0.15, 0.2) is 0 Å². The van der Waals surface area contributed by atoms with Crippen LogP contribution in [0.2, 0.25) is 0 Å². The van der Waals surface area contributed by atoms with Crippen LogP contribution in [-0.4, -0.2) is 23.7 Å². The lowest BCUT2D eigenvalue weighted by Crippen LogP contribution is -2.29. The number of nitrogens with two attached hydrogens (primary N) is 2. The van der Waals surface area contributed by atoms with E-state index >= 15 is 0 Å². The van der Waals surface area contributed by atoms with Crippen LogP contribution in [0.4, 0.5) is 0 Å². The second kappa shape index (κ2) is 11.8. The Morgan fingerprint density at radius 3 is 2.17 bits per heavy atom. The van der Waals surface area contributed by atoms with E-state index in [0.717, 1.165) is 12.8 Å². The fraction of sp³-hybridized carbons (Fsp3) is 0.833. The van der Waals surface area contributed by atoms with Crippen molar-refractivity contribution in [3.63, 3.8) is 0 Å². The number of carboxylic acid groups (broad SMARTS) is 1. The molecule has 0 unspecified atom stereocenters. The van der Waals surface area contributed by atoms with E-state index in [9.17, 15) is 4.79 Å². The molecule has 0 heterocycles. The van der Waals surface area contributed by atoms with Crippen molar-refractivity contribution in [1.82, 2.24) is 0 Å². The summed E-state index contributed by atoms with van der Waals surface area (Å²) in [5, 5.41) is 8.33. The second-order valence-corrected chi connectivity index (χ2v) is 2.23. The van der Waals surface area contributed by atoms with Gasteiger partial charge in [0.2, 0.25) is 0 Å². The monoisotopic (exact) mass is 402 g/mol. The summed E-state index contributed by atoms with van der Waals surface area (Å²) in [6, 6.07) is -0.716. The number of aliphatic carboxylic acids is 1. The van der Waals surface area contributed by atoms with E-state index in [4.69, 9.17) is 16.6 Å². The first-order valence-corrected chi connectivity index (χ1v) is 3.37. The van der Waals surface area contributed by atoms with Crippen LogP contribution in [0.25, 0.3) is 0 Å². The molecular weight excluding hydrogens is 386 g/mol. The zero-order chi connectivity index (χ0) is 7.98. The fourth-order valence-electron chi connectivity index (χ4n) is 0.632. The van der Waals surface area contributed by atoms with E-state index in [1.807, 2.05) is 0 Å². The molecule has 12 heavy (non-hydrogen) atoms. The normalized spacial score (nSPS) is 10.8. The standard InChI is InChI=1S/C6H14N2O2.2HI/c7-4-2-1-3-5(8)6(9)10;;/h5H,1-4,7-8H2,(H,9,10);2*1H/t5-;;/m0../s1. The molecule has 0 spiro atoms. The number of hydrogen-bond donors (Lipinski definition) is 3. The molecule has 0 bridgehead atoms. The predicted molar refractivity (Wildman–Crippen MR) is 69.3 cm³/mol. The Morgan fingerprint density at radius 2 is 1.83 bits per heavy atom. The molecule has 0 aliphatic rings. The third-order valence-electron chi connectivity index (χ3n) is 1.29. The van der Waals surface area contributed by atoms with Gasteiger partial charge in [0.15, 0.2) is 0 Å². The molecule has 0 fully saturated rings. The Labute approximate surface area is 106 Å². The Bertz CT molecular complexity index is 114. The molecule has 0 aromatic carbocycles. The first-order chi connectivity index (χ1) is 4.68. The molecule has 76 valence electrons. The molecule has 0 saturated carbocycles. The minimum atomic E-state index is -0.933. The van der Waals surface area contributed by atoms with E-state index < -0.39 is 12.0 Å². The SMILES string of the molecule is I.I.NCCCC[C@H](N)C(=O)O. The first-order valence-electron chi connectivity index (χ1n) is 3.37. The van der Waals surface area contributed by atoms with Gasteiger partial charge in [-0.05, 0) is 19.4 Å². The maximum absolute atomic E-state index is 10.1. The van der Waals surface area contributed by atoms with Gasteiger partial charge in [-0.2, -0.15) is 0 Å². The summed E-state index contributed by atoms with van der Waals surface area (Å²) in [7, 11) is 0. The van der Waals surface area contributed by atoms with Gasteiger partial charge in [-0.1, -0.05) is 6.42 Å². The summed E-state index contributed by atoms with van der Waals surface area (Å²) >= 11 is 0. The number of hydrogen-bond acceptors (Lipinski definition) is 3. The predicted octanol–water partition coefficient (Wildman–Crippen LogP) is 0.763. The second-order valence-electron chi connectivity index (χ2n) is 2.23. The zero-order valence-electron chi connectivity index (χ0n) is 6.73. The molecule has 0 amide bonds. The third-order valence-corrected chi connectivity index (χ3v) is 1.29.